The number of aromatic nitrogens is 1. The van der Waals surface area contributed by atoms with Gasteiger partial charge in [-0.25, -0.2) is 8.51 Å². The maximum Gasteiger partial charge on any atom is 0.251 e. The molecular formula is C24H22N2O4S. The fraction of sp³-hybridized carbons (Fsp3) is 0.208. The number of carbonyl (C=O) groups excluding carboxylic acids is 2. The Morgan fingerprint density at radius 1 is 0.968 bits per heavy atom. The van der Waals surface area contributed by atoms with Crippen LogP contribution in [0.15, 0.2) is 76.6 Å². The summed E-state index contributed by atoms with van der Waals surface area (Å²) in [5, 5.41) is 0. The first-order valence-electron chi connectivity index (χ1n) is 10.1. The average molecular weight is 435 g/mol. The van der Waals surface area contributed by atoms with Crippen molar-refractivity contribution in [2.45, 2.75) is 24.3 Å². The number of pyridine rings is 1. The van der Waals surface area contributed by atoms with Crippen molar-refractivity contribution < 1.29 is 13.8 Å². The Labute approximate surface area is 182 Å². The molecule has 7 heteroatoms. The summed E-state index contributed by atoms with van der Waals surface area (Å²) < 4.78 is 15.9. The minimum absolute atomic E-state index is 0.121. The summed E-state index contributed by atoms with van der Waals surface area (Å²) in [5.74, 6) is -0.209. The number of Topliss-reactive ketones (excluding diaryl/α,β-unsaturated/α-hetero) is 1. The lowest BCUT2D eigenvalue weighted by atomic mass is 10.0. The molecule has 1 saturated heterocycles. The van der Waals surface area contributed by atoms with Gasteiger partial charge in [-0.15, -0.1) is 0 Å². The van der Waals surface area contributed by atoms with E-state index in [1.807, 2.05) is 28.6 Å². The van der Waals surface area contributed by atoms with Crippen LogP contribution in [0, 0.1) is 0 Å². The van der Waals surface area contributed by atoms with E-state index in [4.69, 9.17) is 0 Å². The SMILES string of the molecule is O=Cc1cccc(-c2ccc(C(=O)Cn3cc(S(=O)N4CCCC4)ccc3=O)cc2)c1. The first kappa shape index (κ1) is 21.1. The molecule has 0 spiro atoms. The lowest BCUT2D eigenvalue weighted by Gasteiger charge is -2.14. The molecule has 4 rings (SSSR count). The van der Waals surface area contributed by atoms with Gasteiger partial charge in [-0.2, -0.15) is 0 Å². The van der Waals surface area contributed by atoms with Gasteiger partial charge in [0.25, 0.3) is 5.56 Å². The molecule has 1 unspecified atom stereocenters. The van der Waals surface area contributed by atoms with Gasteiger partial charge in [0.15, 0.2) is 5.78 Å². The molecule has 1 aliphatic rings. The van der Waals surface area contributed by atoms with E-state index in [0.717, 1.165) is 43.3 Å². The molecule has 1 atom stereocenters. The number of rotatable bonds is 7. The Morgan fingerprint density at radius 3 is 2.42 bits per heavy atom. The third kappa shape index (κ3) is 4.78. The first-order chi connectivity index (χ1) is 15.0. The van der Waals surface area contributed by atoms with Crippen LogP contribution in [0.25, 0.3) is 11.1 Å². The molecule has 0 bridgehead atoms. The van der Waals surface area contributed by atoms with Crippen LogP contribution in [0.1, 0.15) is 33.6 Å². The summed E-state index contributed by atoms with van der Waals surface area (Å²) in [6, 6.07) is 17.2. The smallest absolute Gasteiger partial charge is 0.251 e. The Morgan fingerprint density at radius 2 is 1.71 bits per heavy atom. The van der Waals surface area contributed by atoms with Gasteiger partial charge in [0.05, 0.1) is 11.4 Å². The predicted octanol–water partition coefficient (Wildman–Crippen LogP) is 3.33. The van der Waals surface area contributed by atoms with E-state index in [1.165, 1.54) is 16.8 Å². The number of hydrogen-bond acceptors (Lipinski definition) is 4. The van der Waals surface area contributed by atoms with Gasteiger partial charge in [0.1, 0.15) is 17.3 Å². The van der Waals surface area contributed by atoms with Gasteiger partial charge in [0, 0.05) is 36.5 Å². The zero-order valence-corrected chi connectivity index (χ0v) is 17.7. The summed E-state index contributed by atoms with van der Waals surface area (Å²) in [6.07, 6.45) is 4.34. The summed E-state index contributed by atoms with van der Waals surface area (Å²) in [7, 11) is -1.33. The highest BCUT2D eigenvalue weighted by Gasteiger charge is 2.20. The fourth-order valence-electron chi connectivity index (χ4n) is 3.63. The quantitative estimate of drug-likeness (QED) is 0.422. The highest BCUT2D eigenvalue weighted by molar-refractivity contribution is 7.82. The summed E-state index contributed by atoms with van der Waals surface area (Å²) in [5.41, 5.74) is 2.53. The number of aldehydes is 1. The van der Waals surface area contributed by atoms with E-state index in [-0.39, 0.29) is 17.9 Å². The molecule has 1 aliphatic heterocycles. The Bertz CT molecular complexity index is 1190. The second-order valence-corrected chi connectivity index (χ2v) is 8.95. The largest absolute Gasteiger partial charge is 0.306 e. The number of nitrogens with zero attached hydrogens (tertiary/aromatic N) is 2. The molecule has 0 amide bonds. The van der Waals surface area contributed by atoms with E-state index >= 15 is 0 Å². The molecule has 0 radical (unpaired) electrons. The average Bonchev–Trinajstić information content (AvgIpc) is 3.35. The summed E-state index contributed by atoms with van der Waals surface area (Å²) in [6.45, 7) is 1.42. The van der Waals surface area contributed by atoms with E-state index in [0.29, 0.717) is 16.0 Å². The zero-order chi connectivity index (χ0) is 21.8. The molecule has 1 fully saturated rings. The van der Waals surface area contributed by atoms with Crippen molar-refractivity contribution in [1.29, 1.82) is 0 Å². The number of benzene rings is 2. The normalized spacial score (nSPS) is 15.0. The molecule has 3 aromatic rings. The van der Waals surface area contributed by atoms with Crippen molar-refractivity contribution in [3.8, 4) is 11.1 Å². The van der Waals surface area contributed by atoms with Gasteiger partial charge in [-0.05, 0) is 36.1 Å². The molecule has 158 valence electrons. The maximum atomic E-state index is 12.8. The van der Waals surface area contributed by atoms with E-state index in [9.17, 15) is 18.6 Å². The number of carbonyl (C=O) groups is 2. The predicted molar refractivity (Wildman–Crippen MR) is 120 cm³/mol. The number of hydrogen-bond donors (Lipinski definition) is 0. The van der Waals surface area contributed by atoms with Gasteiger partial charge in [0.2, 0.25) is 0 Å². The van der Waals surface area contributed by atoms with Gasteiger partial charge in [-0.3, -0.25) is 14.4 Å². The highest BCUT2D eigenvalue weighted by Crippen LogP contribution is 2.21. The minimum atomic E-state index is -1.33. The fourth-order valence-corrected chi connectivity index (χ4v) is 4.92. The van der Waals surface area contributed by atoms with Crippen LogP contribution in [-0.2, 0) is 17.5 Å². The van der Waals surface area contributed by atoms with Crippen molar-refractivity contribution in [2.75, 3.05) is 13.1 Å². The Hall–Kier alpha value is -3.16. The van der Waals surface area contributed by atoms with Crippen LogP contribution >= 0.6 is 0 Å². The van der Waals surface area contributed by atoms with Crippen LogP contribution < -0.4 is 5.56 Å². The van der Waals surface area contributed by atoms with E-state index < -0.39 is 11.0 Å². The lowest BCUT2D eigenvalue weighted by molar-refractivity contribution is 0.0970. The van der Waals surface area contributed by atoms with E-state index in [2.05, 4.69) is 0 Å². The molecule has 2 heterocycles. The Balaban J connectivity index is 1.51. The van der Waals surface area contributed by atoms with Gasteiger partial charge in [-0.1, -0.05) is 42.5 Å². The number of ketones is 1. The van der Waals surface area contributed by atoms with Crippen molar-refractivity contribution in [3.63, 3.8) is 0 Å². The second-order valence-electron chi connectivity index (χ2n) is 7.46. The highest BCUT2D eigenvalue weighted by atomic mass is 32.2. The van der Waals surface area contributed by atoms with Crippen LogP contribution in [-0.4, -0.2) is 38.2 Å². The molecule has 2 aromatic carbocycles. The molecule has 6 nitrogen and oxygen atoms in total. The van der Waals surface area contributed by atoms with Gasteiger partial charge < -0.3 is 4.57 Å². The standard InChI is InChI=1S/C24H22N2O4S/c27-17-18-4-3-5-21(14-18)19-6-8-20(9-7-19)23(28)16-25-15-22(10-11-24(25)29)31(30)26-12-1-2-13-26/h3-11,14-15,17H,1-2,12-13,16H2. The van der Waals surface area contributed by atoms with Crippen LogP contribution in [0.4, 0.5) is 0 Å². The molecule has 0 N–H and O–H groups in total. The monoisotopic (exact) mass is 434 g/mol. The zero-order valence-electron chi connectivity index (χ0n) is 16.9. The topological polar surface area (TPSA) is 76.5 Å². The molecule has 1 aromatic heterocycles. The van der Waals surface area contributed by atoms with Crippen LogP contribution in [0.3, 0.4) is 0 Å². The van der Waals surface area contributed by atoms with Crippen molar-refractivity contribution in [1.82, 2.24) is 8.87 Å². The molecular weight excluding hydrogens is 412 g/mol. The lowest BCUT2D eigenvalue weighted by Crippen LogP contribution is -2.27. The third-order valence-corrected chi connectivity index (χ3v) is 6.81. The van der Waals surface area contributed by atoms with E-state index in [1.54, 1.807) is 30.3 Å². The third-order valence-electron chi connectivity index (χ3n) is 5.33. The molecule has 31 heavy (non-hydrogen) atoms. The Kier molecular flexibility index (Phi) is 6.34. The maximum absolute atomic E-state index is 12.8. The molecule has 0 saturated carbocycles. The second kappa shape index (κ2) is 9.32. The van der Waals surface area contributed by atoms with Crippen molar-refractivity contribution in [2.24, 2.45) is 0 Å². The summed E-state index contributed by atoms with van der Waals surface area (Å²) >= 11 is 0. The van der Waals surface area contributed by atoms with Crippen LogP contribution in [0.2, 0.25) is 0 Å². The van der Waals surface area contributed by atoms with Crippen molar-refractivity contribution >= 4 is 23.1 Å². The summed E-state index contributed by atoms with van der Waals surface area (Å²) in [4.78, 5) is 36.5. The minimum Gasteiger partial charge on any atom is -0.306 e. The van der Waals surface area contributed by atoms with Crippen LogP contribution in [0.5, 0.6) is 0 Å². The van der Waals surface area contributed by atoms with Gasteiger partial charge >= 0.3 is 0 Å². The first-order valence-corrected chi connectivity index (χ1v) is 11.2. The van der Waals surface area contributed by atoms with Crippen molar-refractivity contribution in [3.05, 3.63) is 88.3 Å². The molecule has 0 aliphatic carbocycles.